The normalized spacial score (nSPS) is 28.9. The molecule has 1 heteroatoms. The second-order valence-electron chi connectivity index (χ2n) is 5.18. The maximum Gasteiger partial charge on any atom is 0.135 e. The maximum atomic E-state index is 2.35. The molecule has 1 aliphatic heterocycles. The highest BCUT2D eigenvalue weighted by atomic mass is 15.2. The highest BCUT2D eigenvalue weighted by molar-refractivity contribution is 5.49. The van der Waals surface area contributed by atoms with Crippen molar-refractivity contribution in [2.24, 2.45) is 0 Å². The summed E-state index contributed by atoms with van der Waals surface area (Å²) >= 11 is 0. The standard InChI is InChI=1S/C13H19N/c1-9-6-7-12-11(8-9)13(3,4)10(2)14(12)5/h6-8,10H,1-5H3/p+1. The van der Waals surface area contributed by atoms with Crippen molar-refractivity contribution >= 4 is 5.69 Å². The molecule has 2 unspecified atom stereocenters. The van der Waals surface area contributed by atoms with Gasteiger partial charge in [-0.3, -0.25) is 0 Å². The van der Waals surface area contributed by atoms with Crippen LogP contribution in [0.5, 0.6) is 0 Å². The van der Waals surface area contributed by atoms with E-state index in [0.29, 0.717) is 11.5 Å². The van der Waals surface area contributed by atoms with E-state index in [1.165, 1.54) is 16.8 Å². The molecule has 0 saturated heterocycles. The Morgan fingerprint density at radius 1 is 1.29 bits per heavy atom. The number of hydrogen-bond acceptors (Lipinski definition) is 0. The minimum atomic E-state index is 0.311. The van der Waals surface area contributed by atoms with Gasteiger partial charge in [-0.1, -0.05) is 11.6 Å². The monoisotopic (exact) mass is 190 g/mol. The van der Waals surface area contributed by atoms with Crippen LogP contribution in [0.3, 0.4) is 0 Å². The van der Waals surface area contributed by atoms with Gasteiger partial charge in [0.1, 0.15) is 5.69 Å². The van der Waals surface area contributed by atoms with Gasteiger partial charge in [-0.15, -0.1) is 0 Å². The highest BCUT2D eigenvalue weighted by Crippen LogP contribution is 2.35. The van der Waals surface area contributed by atoms with E-state index in [1.807, 2.05) is 0 Å². The summed E-state index contributed by atoms with van der Waals surface area (Å²) in [4.78, 5) is 1.55. The lowest BCUT2D eigenvalue weighted by Gasteiger charge is -2.23. The first-order valence-corrected chi connectivity index (χ1v) is 5.39. The molecule has 1 N–H and O–H groups in total. The van der Waals surface area contributed by atoms with Crippen molar-refractivity contribution < 1.29 is 4.90 Å². The van der Waals surface area contributed by atoms with Gasteiger partial charge < -0.3 is 4.90 Å². The minimum Gasteiger partial charge on any atom is -0.302 e. The lowest BCUT2D eigenvalue weighted by atomic mass is 9.81. The molecule has 1 aliphatic rings. The summed E-state index contributed by atoms with van der Waals surface area (Å²) in [6, 6.07) is 7.52. The van der Waals surface area contributed by atoms with Crippen molar-refractivity contribution in [2.75, 3.05) is 7.05 Å². The summed E-state index contributed by atoms with van der Waals surface area (Å²) in [5.74, 6) is 0. The van der Waals surface area contributed by atoms with Gasteiger partial charge in [0.2, 0.25) is 0 Å². The molecule has 1 aromatic carbocycles. The average Bonchev–Trinajstić information content (AvgIpc) is 2.29. The summed E-state index contributed by atoms with van der Waals surface area (Å²) < 4.78 is 0. The van der Waals surface area contributed by atoms with Gasteiger partial charge in [-0.25, -0.2) is 0 Å². The largest absolute Gasteiger partial charge is 0.302 e. The van der Waals surface area contributed by atoms with E-state index in [2.05, 4.69) is 52.9 Å². The lowest BCUT2D eigenvalue weighted by molar-refractivity contribution is -0.834. The molecule has 0 fully saturated rings. The topological polar surface area (TPSA) is 4.44 Å². The Morgan fingerprint density at radius 2 is 1.93 bits per heavy atom. The average molecular weight is 190 g/mol. The van der Waals surface area contributed by atoms with Crippen LogP contribution < -0.4 is 4.90 Å². The van der Waals surface area contributed by atoms with Gasteiger partial charge in [-0.05, 0) is 39.8 Å². The number of aryl methyl sites for hydroxylation is 1. The van der Waals surface area contributed by atoms with E-state index in [4.69, 9.17) is 0 Å². The summed E-state index contributed by atoms with van der Waals surface area (Å²) in [6.07, 6.45) is 0. The van der Waals surface area contributed by atoms with Crippen LogP contribution in [-0.2, 0) is 5.41 Å². The van der Waals surface area contributed by atoms with Gasteiger partial charge in [-0.2, -0.15) is 0 Å². The Balaban J connectivity index is 2.63. The summed E-state index contributed by atoms with van der Waals surface area (Å²) in [6.45, 7) is 9.22. The van der Waals surface area contributed by atoms with E-state index in [0.717, 1.165) is 0 Å². The number of likely N-dealkylation sites (N-methyl/N-ethyl adjacent to an activating group) is 1. The zero-order valence-corrected chi connectivity index (χ0v) is 9.81. The predicted molar refractivity (Wildman–Crippen MR) is 60.2 cm³/mol. The molecule has 2 atom stereocenters. The minimum absolute atomic E-state index is 0.311. The molecule has 1 heterocycles. The number of benzene rings is 1. The Labute approximate surface area is 86.7 Å². The van der Waals surface area contributed by atoms with Gasteiger partial charge in [0.15, 0.2) is 0 Å². The molecular weight excluding hydrogens is 170 g/mol. The van der Waals surface area contributed by atoms with Crippen LogP contribution in [0.15, 0.2) is 18.2 Å². The lowest BCUT2D eigenvalue weighted by Crippen LogP contribution is -3.07. The number of fused-ring (bicyclic) bond motifs is 1. The van der Waals surface area contributed by atoms with Crippen molar-refractivity contribution in [2.45, 2.75) is 39.2 Å². The molecule has 2 rings (SSSR count). The Hall–Kier alpha value is -0.820. The van der Waals surface area contributed by atoms with Gasteiger partial charge >= 0.3 is 0 Å². The second-order valence-corrected chi connectivity index (χ2v) is 5.18. The van der Waals surface area contributed by atoms with Crippen LogP contribution in [0.2, 0.25) is 0 Å². The quantitative estimate of drug-likeness (QED) is 0.636. The predicted octanol–water partition coefficient (Wildman–Crippen LogP) is 1.82. The van der Waals surface area contributed by atoms with Crippen LogP contribution in [0, 0.1) is 6.92 Å². The van der Waals surface area contributed by atoms with Crippen LogP contribution in [0.4, 0.5) is 5.69 Å². The molecule has 14 heavy (non-hydrogen) atoms. The van der Waals surface area contributed by atoms with Crippen molar-refractivity contribution in [3.8, 4) is 0 Å². The molecule has 1 nitrogen and oxygen atoms in total. The number of rotatable bonds is 0. The molecule has 0 radical (unpaired) electrons. The van der Waals surface area contributed by atoms with Crippen LogP contribution in [0.1, 0.15) is 31.9 Å². The van der Waals surface area contributed by atoms with Crippen molar-refractivity contribution in [1.82, 2.24) is 0 Å². The zero-order chi connectivity index (χ0) is 10.5. The molecular formula is C13H20N+. The summed E-state index contributed by atoms with van der Waals surface area (Å²) in [5, 5.41) is 0. The Kier molecular flexibility index (Phi) is 1.97. The fraction of sp³-hybridized carbons (Fsp3) is 0.538. The molecule has 0 aliphatic carbocycles. The molecule has 0 spiro atoms. The highest BCUT2D eigenvalue weighted by Gasteiger charge is 2.44. The fourth-order valence-corrected chi connectivity index (χ4v) is 2.54. The zero-order valence-electron chi connectivity index (χ0n) is 9.81. The van der Waals surface area contributed by atoms with E-state index in [-0.39, 0.29) is 0 Å². The van der Waals surface area contributed by atoms with Crippen LogP contribution in [-0.4, -0.2) is 13.1 Å². The van der Waals surface area contributed by atoms with Gasteiger partial charge in [0, 0.05) is 11.0 Å². The van der Waals surface area contributed by atoms with E-state index < -0.39 is 0 Å². The SMILES string of the molecule is Cc1ccc2c(c1)C(C)(C)C(C)[NH+]2C. The Bertz CT molecular complexity index is 365. The van der Waals surface area contributed by atoms with Crippen LogP contribution >= 0.6 is 0 Å². The third-order valence-electron chi connectivity index (χ3n) is 4.03. The van der Waals surface area contributed by atoms with Gasteiger partial charge in [0.25, 0.3) is 0 Å². The van der Waals surface area contributed by atoms with Crippen LogP contribution in [0.25, 0.3) is 0 Å². The molecule has 0 saturated carbocycles. The molecule has 0 bridgehead atoms. The second kappa shape index (κ2) is 2.83. The number of hydrogen-bond donors (Lipinski definition) is 1. The first kappa shape index (κ1) is 9.72. The van der Waals surface area contributed by atoms with E-state index in [9.17, 15) is 0 Å². The number of quaternary nitrogens is 1. The number of nitrogens with one attached hydrogen (secondary N) is 1. The first-order valence-electron chi connectivity index (χ1n) is 5.39. The van der Waals surface area contributed by atoms with Crippen molar-refractivity contribution in [3.05, 3.63) is 29.3 Å². The molecule has 0 amide bonds. The fourth-order valence-electron chi connectivity index (χ4n) is 2.54. The van der Waals surface area contributed by atoms with E-state index in [1.54, 1.807) is 4.90 Å². The molecule has 1 aromatic rings. The van der Waals surface area contributed by atoms with Crippen molar-refractivity contribution in [1.29, 1.82) is 0 Å². The third kappa shape index (κ3) is 1.12. The van der Waals surface area contributed by atoms with Gasteiger partial charge in [0.05, 0.1) is 13.1 Å². The third-order valence-corrected chi connectivity index (χ3v) is 4.03. The molecule has 0 aromatic heterocycles. The first-order chi connectivity index (χ1) is 6.44. The summed E-state index contributed by atoms with van der Waals surface area (Å²) in [5.41, 5.74) is 4.69. The maximum absolute atomic E-state index is 2.35. The summed E-state index contributed by atoms with van der Waals surface area (Å²) in [7, 11) is 2.27. The Morgan fingerprint density at radius 3 is 2.57 bits per heavy atom. The molecule has 76 valence electrons. The van der Waals surface area contributed by atoms with E-state index >= 15 is 0 Å². The smallest absolute Gasteiger partial charge is 0.135 e. The van der Waals surface area contributed by atoms with Crippen molar-refractivity contribution in [3.63, 3.8) is 0 Å².